The molecule has 0 unspecified atom stereocenters. The second-order valence-electron chi connectivity index (χ2n) is 6.54. The Labute approximate surface area is 159 Å². The van der Waals surface area contributed by atoms with Gasteiger partial charge < -0.3 is 15.0 Å². The summed E-state index contributed by atoms with van der Waals surface area (Å²) in [6, 6.07) is 25.8. The molecule has 0 aromatic heterocycles. The molecule has 1 fully saturated rings. The van der Waals surface area contributed by atoms with Gasteiger partial charge in [-0.1, -0.05) is 42.5 Å². The van der Waals surface area contributed by atoms with Crippen molar-refractivity contribution in [1.82, 2.24) is 0 Å². The number of hydrogen-bond acceptors (Lipinski definition) is 3. The second kappa shape index (κ2) is 8.06. The lowest BCUT2D eigenvalue weighted by molar-refractivity contribution is 0.102. The minimum Gasteiger partial charge on any atom is -0.378 e. The summed E-state index contributed by atoms with van der Waals surface area (Å²) in [6.45, 7) is 3.28. The van der Waals surface area contributed by atoms with Crippen LogP contribution in [-0.4, -0.2) is 32.2 Å². The van der Waals surface area contributed by atoms with E-state index >= 15 is 0 Å². The van der Waals surface area contributed by atoms with Crippen LogP contribution in [0.4, 0.5) is 11.4 Å². The average molecular weight is 358 g/mol. The first kappa shape index (κ1) is 17.3. The normalized spacial score (nSPS) is 14.0. The molecule has 4 heteroatoms. The molecule has 136 valence electrons. The van der Waals surface area contributed by atoms with Crippen molar-refractivity contribution in [2.75, 3.05) is 36.5 Å². The Morgan fingerprint density at radius 3 is 2.07 bits per heavy atom. The summed E-state index contributed by atoms with van der Waals surface area (Å²) in [5.74, 6) is -0.101. The average Bonchev–Trinajstić information content (AvgIpc) is 2.76. The summed E-state index contributed by atoms with van der Waals surface area (Å²) in [7, 11) is 0. The van der Waals surface area contributed by atoms with Gasteiger partial charge in [-0.3, -0.25) is 4.79 Å². The van der Waals surface area contributed by atoms with E-state index in [1.165, 1.54) is 0 Å². The Morgan fingerprint density at radius 2 is 1.41 bits per heavy atom. The fourth-order valence-electron chi connectivity index (χ4n) is 3.23. The molecule has 0 atom stereocenters. The molecular formula is C23H22N2O2. The SMILES string of the molecule is O=C(Nc1ccc(-c2ccccc2)cc1)c1ccc(N2CCOCC2)cc1. The Hall–Kier alpha value is -3.11. The monoisotopic (exact) mass is 358 g/mol. The van der Waals surface area contributed by atoms with Gasteiger partial charge in [-0.2, -0.15) is 0 Å². The van der Waals surface area contributed by atoms with E-state index in [0.29, 0.717) is 5.56 Å². The first-order valence-electron chi connectivity index (χ1n) is 9.19. The van der Waals surface area contributed by atoms with Crippen LogP contribution in [0.5, 0.6) is 0 Å². The van der Waals surface area contributed by atoms with E-state index in [1.807, 2.05) is 66.7 Å². The fraction of sp³-hybridized carbons (Fsp3) is 0.174. The first-order chi connectivity index (χ1) is 13.3. The molecule has 4 nitrogen and oxygen atoms in total. The number of nitrogens with zero attached hydrogens (tertiary/aromatic N) is 1. The summed E-state index contributed by atoms with van der Waals surface area (Å²) in [5.41, 5.74) is 4.86. The van der Waals surface area contributed by atoms with Gasteiger partial charge in [0.05, 0.1) is 13.2 Å². The topological polar surface area (TPSA) is 41.6 Å². The van der Waals surface area contributed by atoms with E-state index in [1.54, 1.807) is 0 Å². The smallest absolute Gasteiger partial charge is 0.255 e. The van der Waals surface area contributed by atoms with E-state index < -0.39 is 0 Å². The van der Waals surface area contributed by atoms with E-state index in [9.17, 15) is 4.79 Å². The van der Waals surface area contributed by atoms with Gasteiger partial charge in [0, 0.05) is 30.0 Å². The highest BCUT2D eigenvalue weighted by molar-refractivity contribution is 6.04. The number of nitrogens with one attached hydrogen (secondary N) is 1. The summed E-state index contributed by atoms with van der Waals surface area (Å²) >= 11 is 0. The minimum absolute atomic E-state index is 0.101. The lowest BCUT2D eigenvalue weighted by Gasteiger charge is -2.28. The molecule has 1 saturated heterocycles. The van der Waals surface area contributed by atoms with E-state index in [4.69, 9.17) is 4.74 Å². The number of anilines is 2. The first-order valence-corrected chi connectivity index (χ1v) is 9.19. The van der Waals surface area contributed by atoms with Gasteiger partial charge >= 0.3 is 0 Å². The molecule has 0 spiro atoms. The van der Waals surface area contributed by atoms with Crippen LogP contribution < -0.4 is 10.2 Å². The van der Waals surface area contributed by atoms with Crippen LogP contribution in [0, 0.1) is 0 Å². The van der Waals surface area contributed by atoms with Gasteiger partial charge in [0.2, 0.25) is 0 Å². The molecule has 3 aromatic carbocycles. The van der Waals surface area contributed by atoms with E-state index in [-0.39, 0.29) is 5.91 Å². The number of benzene rings is 3. The van der Waals surface area contributed by atoms with Crippen molar-refractivity contribution >= 4 is 17.3 Å². The number of carbonyl (C=O) groups excluding carboxylic acids is 1. The lowest BCUT2D eigenvalue weighted by Crippen LogP contribution is -2.36. The van der Waals surface area contributed by atoms with Crippen LogP contribution in [0.25, 0.3) is 11.1 Å². The van der Waals surface area contributed by atoms with Crippen LogP contribution in [0.15, 0.2) is 78.9 Å². The Morgan fingerprint density at radius 1 is 0.778 bits per heavy atom. The fourth-order valence-corrected chi connectivity index (χ4v) is 3.23. The zero-order valence-corrected chi connectivity index (χ0v) is 15.1. The van der Waals surface area contributed by atoms with E-state index in [2.05, 4.69) is 22.3 Å². The van der Waals surface area contributed by atoms with Gasteiger partial charge in [0.1, 0.15) is 0 Å². The van der Waals surface area contributed by atoms with Gasteiger partial charge in [-0.05, 0) is 47.5 Å². The maximum atomic E-state index is 12.5. The minimum atomic E-state index is -0.101. The standard InChI is InChI=1S/C23H22N2O2/c26-23(20-8-12-22(13-9-20)25-14-16-27-17-15-25)24-21-10-6-19(7-11-21)18-4-2-1-3-5-18/h1-13H,14-17H2,(H,24,26). The Kier molecular flexibility index (Phi) is 5.17. The molecule has 1 amide bonds. The van der Waals surface area contributed by atoms with Crippen molar-refractivity contribution in [3.05, 3.63) is 84.4 Å². The largest absolute Gasteiger partial charge is 0.378 e. The molecule has 0 radical (unpaired) electrons. The molecule has 0 bridgehead atoms. The maximum Gasteiger partial charge on any atom is 0.255 e. The van der Waals surface area contributed by atoms with Gasteiger partial charge in [-0.25, -0.2) is 0 Å². The lowest BCUT2D eigenvalue weighted by atomic mass is 10.1. The Balaban J connectivity index is 1.41. The molecular weight excluding hydrogens is 336 g/mol. The molecule has 0 saturated carbocycles. The van der Waals surface area contributed by atoms with Crippen molar-refractivity contribution in [2.45, 2.75) is 0 Å². The third-order valence-corrected chi connectivity index (χ3v) is 4.76. The number of morpholine rings is 1. The van der Waals surface area contributed by atoms with Gasteiger partial charge in [0.15, 0.2) is 0 Å². The highest BCUT2D eigenvalue weighted by atomic mass is 16.5. The number of ether oxygens (including phenoxy) is 1. The molecule has 1 N–H and O–H groups in total. The predicted octanol–water partition coefficient (Wildman–Crippen LogP) is 4.44. The highest BCUT2D eigenvalue weighted by Gasteiger charge is 2.12. The molecule has 1 aliphatic heterocycles. The molecule has 27 heavy (non-hydrogen) atoms. The molecule has 4 rings (SSSR count). The molecule has 0 aliphatic carbocycles. The van der Waals surface area contributed by atoms with Crippen molar-refractivity contribution < 1.29 is 9.53 Å². The molecule has 3 aromatic rings. The van der Waals surface area contributed by atoms with Gasteiger partial charge in [-0.15, -0.1) is 0 Å². The zero-order valence-electron chi connectivity index (χ0n) is 15.1. The van der Waals surface area contributed by atoms with Crippen LogP contribution in [-0.2, 0) is 4.74 Å². The third kappa shape index (κ3) is 4.18. The molecule has 1 aliphatic rings. The van der Waals surface area contributed by atoms with Crippen LogP contribution in [0.1, 0.15) is 10.4 Å². The highest BCUT2D eigenvalue weighted by Crippen LogP contribution is 2.22. The van der Waals surface area contributed by atoms with E-state index in [0.717, 1.165) is 48.8 Å². The Bertz CT molecular complexity index is 884. The maximum absolute atomic E-state index is 12.5. The second-order valence-corrected chi connectivity index (χ2v) is 6.54. The number of rotatable bonds is 4. The van der Waals surface area contributed by atoms with Crippen LogP contribution >= 0.6 is 0 Å². The number of hydrogen-bond donors (Lipinski definition) is 1. The summed E-state index contributed by atoms with van der Waals surface area (Å²) in [6.07, 6.45) is 0. The third-order valence-electron chi connectivity index (χ3n) is 4.76. The van der Waals surface area contributed by atoms with Crippen molar-refractivity contribution in [3.8, 4) is 11.1 Å². The summed E-state index contributed by atoms with van der Waals surface area (Å²) < 4.78 is 5.38. The van der Waals surface area contributed by atoms with Crippen molar-refractivity contribution in [3.63, 3.8) is 0 Å². The van der Waals surface area contributed by atoms with Crippen LogP contribution in [0.3, 0.4) is 0 Å². The summed E-state index contributed by atoms with van der Waals surface area (Å²) in [4.78, 5) is 14.8. The van der Waals surface area contributed by atoms with Gasteiger partial charge in [0.25, 0.3) is 5.91 Å². The summed E-state index contributed by atoms with van der Waals surface area (Å²) in [5, 5.41) is 2.96. The number of carbonyl (C=O) groups is 1. The van der Waals surface area contributed by atoms with Crippen LogP contribution in [0.2, 0.25) is 0 Å². The van der Waals surface area contributed by atoms with Crippen molar-refractivity contribution in [2.24, 2.45) is 0 Å². The number of amides is 1. The quantitative estimate of drug-likeness (QED) is 0.749. The predicted molar refractivity (Wildman–Crippen MR) is 109 cm³/mol. The zero-order chi connectivity index (χ0) is 18.5. The van der Waals surface area contributed by atoms with Crippen molar-refractivity contribution in [1.29, 1.82) is 0 Å². The molecule has 1 heterocycles.